The van der Waals surface area contributed by atoms with Gasteiger partial charge in [-0.25, -0.2) is 10.3 Å². The quantitative estimate of drug-likeness (QED) is 0.165. The van der Waals surface area contributed by atoms with Crippen LogP contribution in [-0.4, -0.2) is 79.1 Å². The molecular formula is C32H35N5O5. The van der Waals surface area contributed by atoms with E-state index in [0.717, 1.165) is 31.6 Å². The fraction of sp³-hybridized carbons (Fsp3) is 0.281. The maximum absolute atomic E-state index is 13.2. The topological polar surface area (TPSA) is 123 Å². The Balaban J connectivity index is 1.29. The molecule has 0 aliphatic carbocycles. The minimum atomic E-state index is -1.05. The van der Waals surface area contributed by atoms with Crippen molar-refractivity contribution < 1.29 is 24.3 Å². The molecule has 2 aliphatic rings. The molecule has 0 spiro atoms. The first-order chi connectivity index (χ1) is 20.2. The van der Waals surface area contributed by atoms with Crippen LogP contribution in [0.5, 0.6) is 0 Å². The molecule has 5 rings (SSSR count). The Labute approximate surface area is 244 Å². The lowest BCUT2D eigenvalue weighted by molar-refractivity contribution is -0.110. The molecule has 0 aromatic heterocycles. The number of carbonyl (C=O) groups excluding carboxylic acids is 2. The Kier molecular flexibility index (Phi) is 8.67. The number of benzene rings is 3. The molecule has 3 aromatic carbocycles. The van der Waals surface area contributed by atoms with Gasteiger partial charge in [-0.15, -0.1) is 0 Å². The van der Waals surface area contributed by atoms with Crippen molar-refractivity contribution in [2.45, 2.75) is 19.4 Å². The normalized spacial score (nSPS) is 17.6. The Morgan fingerprint density at radius 3 is 2.48 bits per heavy atom. The van der Waals surface area contributed by atoms with Crippen LogP contribution in [0.2, 0.25) is 0 Å². The molecular weight excluding hydrogens is 534 g/mol. The number of hydroxylamine groups is 1. The van der Waals surface area contributed by atoms with Crippen LogP contribution >= 0.6 is 0 Å². The number of anilines is 2. The van der Waals surface area contributed by atoms with Gasteiger partial charge in [0.2, 0.25) is 0 Å². The number of aromatic carboxylic acids is 1. The number of hydrogen-bond donors (Lipinski definition) is 4. The third kappa shape index (κ3) is 6.36. The summed E-state index contributed by atoms with van der Waals surface area (Å²) in [6.07, 6.45) is 1.13. The molecule has 0 bridgehead atoms. The zero-order chi connectivity index (χ0) is 29.8. The minimum absolute atomic E-state index is 0.136. The summed E-state index contributed by atoms with van der Waals surface area (Å²) in [4.78, 5) is 47.5. The third-order valence-corrected chi connectivity index (χ3v) is 7.72. The van der Waals surface area contributed by atoms with E-state index in [1.54, 1.807) is 37.3 Å². The first-order valence-corrected chi connectivity index (χ1v) is 13.9. The molecule has 10 nitrogen and oxygen atoms in total. The van der Waals surface area contributed by atoms with Crippen LogP contribution in [0.15, 0.2) is 66.7 Å². The van der Waals surface area contributed by atoms with E-state index in [0.29, 0.717) is 52.0 Å². The Hall–Kier alpha value is -4.51. The summed E-state index contributed by atoms with van der Waals surface area (Å²) in [7, 11) is 4.18. The lowest BCUT2D eigenvalue weighted by Crippen LogP contribution is -2.34. The van der Waals surface area contributed by atoms with Crippen molar-refractivity contribution in [3.63, 3.8) is 0 Å². The van der Waals surface area contributed by atoms with E-state index in [1.807, 2.05) is 30.3 Å². The fourth-order valence-electron chi connectivity index (χ4n) is 5.32. The molecule has 42 heavy (non-hydrogen) atoms. The standard InChI is InChI=1S/C32H35N5O5/c1-20-17-26-27(18-25(20)32(40)41)34-31(39)28(26)29(21-7-5-4-6-8-21)33-23-11-9-22(10-12-23)30(38)35-42-16-15-37-14-13-24(19-37)36(2)3/h4-12,17-18,24,33H,13-16,19H2,1-3H3,(H,34,39)(H,35,38)(H,40,41)/b29-28-/t24-/m0/s1. The number of likely N-dealkylation sites (N-methyl/N-ethyl adjacent to an activating group) is 1. The monoisotopic (exact) mass is 569 g/mol. The highest BCUT2D eigenvalue weighted by Crippen LogP contribution is 2.39. The second-order valence-corrected chi connectivity index (χ2v) is 10.8. The summed E-state index contributed by atoms with van der Waals surface area (Å²) in [5.74, 6) is -1.73. The first kappa shape index (κ1) is 29.0. The predicted octanol–water partition coefficient (Wildman–Crippen LogP) is 3.92. The van der Waals surface area contributed by atoms with E-state index in [1.165, 1.54) is 6.07 Å². The van der Waals surface area contributed by atoms with Crippen LogP contribution in [0.3, 0.4) is 0 Å². The second kappa shape index (κ2) is 12.6. The molecule has 10 heteroatoms. The SMILES string of the molecule is Cc1cc2c(cc1C(=O)O)NC(=O)/C2=C(\Nc1ccc(C(=O)NOCCN2CC[C@H](N(C)C)C2)cc1)c1ccccc1. The molecule has 0 radical (unpaired) electrons. The number of nitrogens with one attached hydrogen (secondary N) is 3. The molecule has 4 N–H and O–H groups in total. The lowest BCUT2D eigenvalue weighted by Gasteiger charge is -2.20. The molecule has 2 aliphatic heterocycles. The smallest absolute Gasteiger partial charge is 0.336 e. The van der Waals surface area contributed by atoms with Gasteiger partial charge in [0.15, 0.2) is 0 Å². The molecule has 218 valence electrons. The minimum Gasteiger partial charge on any atom is -0.478 e. The molecule has 0 unspecified atom stereocenters. The summed E-state index contributed by atoms with van der Waals surface area (Å²) in [5.41, 5.74) is 7.13. The van der Waals surface area contributed by atoms with Gasteiger partial charge < -0.3 is 20.6 Å². The van der Waals surface area contributed by atoms with Crippen molar-refractivity contribution in [2.75, 3.05) is 51.0 Å². The Bertz CT molecular complexity index is 1520. The number of rotatable bonds is 10. The zero-order valence-electron chi connectivity index (χ0n) is 23.9. The maximum Gasteiger partial charge on any atom is 0.336 e. The van der Waals surface area contributed by atoms with Gasteiger partial charge in [0.25, 0.3) is 11.8 Å². The second-order valence-electron chi connectivity index (χ2n) is 10.8. The van der Waals surface area contributed by atoms with Crippen LogP contribution in [0.25, 0.3) is 11.3 Å². The molecule has 0 saturated carbocycles. The van der Waals surface area contributed by atoms with E-state index in [9.17, 15) is 19.5 Å². The number of carboxylic acid groups (broad SMARTS) is 1. The van der Waals surface area contributed by atoms with E-state index in [2.05, 4.69) is 40.0 Å². The maximum atomic E-state index is 13.2. The fourth-order valence-corrected chi connectivity index (χ4v) is 5.32. The number of fused-ring (bicyclic) bond motifs is 1. The number of hydrogen-bond acceptors (Lipinski definition) is 7. The van der Waals surface area contributed by atoms with Crippen molar-refractivity contribution in [3.8, 4) is 0 Å². The number of nitrogens with zero attached hydrogens (tertiary/aromatic N) is 2. The van der Waals surface area contributed by atoms with Gasteiger partial charge in [-0.1, -0.05) is 30.3 Å². The summed E-state index contributed by atoms with van der Waals surface area (Å²) >= 11 is 0. The number of likely N-dealkylation sites (tertiary alicyclic amines) is 1. The lowest BCUT2D eigenvalue weighted by atomic mass is 9.96. The predicted molar refractivity (Wildman–Crippen MR) is 162 cm³/mol. The summed E-state index contributed by atoms with van der Waals surface area (Å²) in [6, 6.07) is 20.1. The van der Waals surface area contributed by atoms with Gasteiger partial charge in [0.05, 0.1) is 29.1 Å². The van der Waals surface area contributed by atoms with Crippen LogP contribution in [0.1, 0.15) is 43.8 Å². The highest BCUT2D eigenvalue weighted by Gasteiger charge is 2.30. The van der Waals surface area contributed by atoms with Gasteiger partial charge in [0, 0.05) is 35.9 Å². The van der Waals surface area contributed by atoms with Crippen LogP contribution < -0.4 is 16.1 Å². The number of carbonyl (C=O) groups is 3. The number of amides is 2. The first-order valence-electron chi connectivity index (χ1n) is 13.9. The summed E-state index contributed by atoms with van der Waals surface area (Å²) < 4.78 is 0. The van der Waals surface area contributed by atoms with Crippen molar-refractivity contribution in [1.29, 1.82) is 0 Å². The van der Waals surface area contributed by atoms with Crippen molar-refractivity contribution >= 4 is 40.4 Å². The van der Waals surface area contributed by atoms with Gasteiger partial charge in [-0.3, -0.25) is 19.3 Å². The molecule has 1 saturated heterocycles. The Morgan fingerprint density at radius 1 is 1.07 bits per heavy atom. The van der Waals surface area contributed by atoms with E-state index in [-0.39, 0.29) is 17.4 Å². The van der Waals surface area contributed by atoms with Gasteiger partial charge >= 0.3 is 5.97 Å². The van der Waals surface area contributed by atoms with E-state index >= 15 is 0 Å². The molecule has 1 fully saturated rings. The number of carboxylic acids is 1. The highest BCUT2D eigenvalue weighted by atomic mass is 16.7. The summed E-state index contributed by atoms with van der Waals surface area (Å²) in [6.45, 7) is 4.87. The highest BCUT2D eigenvalue weighted by molar-refractivity contribution is 6.37. The van der Waals surface area contributed by atoms with Crippen LogP contribution in [0, 0.1) is 6.92 Å². The summed E-state index contributed by atoms with van der Waals surface area (Å²) in [5, 5.41) is 15.7. The molecule has 3 aromatic rings. The molecule has 1 atom stereocenters. The molecule has 2 heterocycles. The van der Waals surface area contributed by atoms with Crippen molar-refractivity contribution in [2.24, 2.45) is 0 Å². The zero-order valence-corrected chi connectivity index (χ0v) is 23.9. The van der Waals surface area contributed by atoms with Gasteiger partial charge in [0.1, 0.15) is 0 Å². The largest absolute Gasteiger partial charge is 0.478 e. The van der Waals surface area contributed by atoms with Gasteiger partial charge in [-0.05, 0) is 81.5 Å². The van der Waals surface area contributed by atoms with E-state index in [4.69, 9.17) is 4.84 Å². The average Bonchev–Trinajstić information content (AvgIpc) is 3.58. The Morgan fingerprint density at radius 2 is 1.81 bits per heavy atom. The van der Waals surface area contributed by atoms with Crippen molar-refractivity contribution in [1.82, 2.24) is 15.3 Å². The van der Waals surface area contributed by atoms with Gasteiger partial charge in [-0.2, -0.15) is 0 Å². The number of aryl methyl sites for hydroxylation is 1. The third-order valence-electron chi connectivity index (χ3n) is 7.72. The van der Waals surface area contributed by atoms with Crippen LogP contribution in [-0.2, 0) is 9.63 Å². The van der Waals surface area contributed by atoms with Crippen LogP contribution in [0.4, 0.5) is 11.4 Å². The van der Waals surface area contributed by atoms with Crippen molar-refractivity contribution in [3.05, 3.63) is 94.5 Å². The van der Waals surface area contributed by atoms with E-state index < -0.39 is 5.97 Å². The molecule has 2 amide bonds. The average molecular weight is 570 g/mol.